The van der Waals surface area contributed by atoms with E-state index in [9.17, 15) is 36.4 Å². The molecule has 294 valence electrons. The highest BCUT2D eigenvalue weighted by Crippen LogP contribution is 2.46. The van der Waals surface area contributed by atoms with Crippen LogP contribution in [0.25, 0.3) is 21.7 Å². The second kappa shape index (κ2) is 14.7. The standard InChI is InChI=1S/C39H45F2N5O8S/c1-38(2,3)54-37(50)43-31-10-8-6-4-5-7-9-22-20-39(22,36(49)45-55(51,52)26-13-14-26)44-33(47)32-19-25(21-46(32)35(31)48)53-34-27-15-11-23(40)17-28(27)29-18-24(41)12-16-30(29)42-34/h7,9,11-12,15-18,22,25-26,31-32H,4-6,8,10,13-14,19-21H2,1-3H3,(H,43,50)(H,44,47)(H,45,49)/b9-7-/t22-,25+,31-,32-,39+/m0/s1. The molecule has 2 aliphatic carbocycles. The number of fused-ring (bicyclic) bond motifs is 5. The fourth-order valence-corrected chi connectivity index (χ4v) is 8.83. The molecule has 3 N–H and O–H groups in total. The molecule has 1 saturated heterocycles. The van der Waals surface area contributed by atoms with Crippen LogP contribution in [0.1, 0.15) is 78.6 Å². The molecule has 3 aromatic rings. The smallest absolute Gasteiger partial charge is 0.408 e. The molecule has 0 spiro atoms. The van der Waals surface area contributed by atoms with Crippen molar-refractivity contribution in [2.24, 2.45) is 5.92 Å². The van der Waals surface area contributed by atoms with E-state index in [4.69, 9.17) is 9.47 Å². The average Bonchev–Trinajstić information content (AvgIpc) is 4.03. The molecule has 2 aliphatic heterocycles. The van der Waals surface area contributed by atoms with Crippen molar-refractivity contribution in [3.63, 3.8) is 0 Å². The number of alkyl carbamates (subject to hydrolysis) is 1. The van der Waals surface area contributed by atoms with Crippen molar-refractivity contribution in [3.8, 4) is 5.88 Å². The zero-order valence-corrected chi connectivity index (χ0v) is 31.7. The lowest BCUT2D eigenvalue weighted by molar-refractivity contribution is -0.141. The van der Waals surface area contributed by atoms with Gasteiger partial charge in [-0.25, -0.2) is 27.0 Å². The van der Waals surface area contributed by atoms with Crippen molar-refractivity contribution in [1.82, 2.24) is 25.2 Å². The largest absolute Gasteiger partial charge is 0.472 e. The number of carbonyl (C=O) groups excluding carboxylic acids is 4. The lowest BCUT2D eigenvalue weighted by Gasteiger charge is -2.30. The van der Waals surface area contributed by atoms with Crippen molar-refractivity contribution in [3.05, 3.63) is 60.2 Å². The van der Waals surface area contributed by atoms with Gasteiger partial charge in [-0.3, -0.25) is 19.1 Å². The SMILES string of the molecule is CC(C)(C)OC(=O)N[C@H]1CCCCC/C=C\[C@H]2C[C@@]2(C(=O)NS(=O)(=O)C2CC2)NC(=O)[C@@H]2C[C@@H](Oc3nc4ccc(F)cc4c4cc(F)ccc34)CN2C1=O. The molecule has 2 saturated carbocycles. The Labute approximate surface area is 317 Å². The number of rotatable bonds is 6. The molecule has 4 aliphatic rings. The zero-order chi connectivity index (χ0) is 39.3. The number of allylic oxidation sites excluding steroid dienone is 1. The van der Waals surface area contributed by atoms with Gasteiger partial charge in [-0.2, -0.15) is 0 Å². The Bertz CT molecular complexity index is 2190. The van der Waals surface area contributed by atoms with Crippen molar-refractivity contribution in [2.45, 2.75) is 113 Å². The molecule has 5 atom stereocenters. The van der Waals surface area contributed by atoms with Gasteiger partial charge in [0, 0.05) is 23.1 Å². The highest BCUT2D eigenvalue weighted by molar-refractivity contribution is 7.91. The number of hydrogen-bond acceptors (Lipinski definition) is 9. The number of nitrogens with one attached hydrogen (secondary N) is 3. The first-order chi connectivity index (χ1) is 26.0. The summed E-state index contributed by atoms with van der Waals surface area (Å²) in [6.45, 7) is 4.96. The number of sulfonamides is 1. The molecule has 0 radical (unpaired) electrons. The van der Waals surface area contributed by atoms with Crippen molar-refractivity contribution >= 4 is 55.5 Å². The number of benzene rings is 2. The minimum atomic E-state index is -3.93. The summed E-state index contributed by atoms with van der Waals surface area (Å²) in [7, 11) is -3.93. The fourth-order valence-electron chi connectivity index (χ4n) is 7.46. The van der Waals surface area contributed by atoms with E-state index in [2.05, 4.69) is 20.3 Å². The summed E-state index contributed by atoms with van der Waals surface area (Å²) < 4.78 is 68.5. The first-order valence-electron chi connectivity index (χ1n) is 18.7. The normalized spacial score (nSPS) is 26.9. The molecule has 0 unspecified atom stereocenters. The van der Waals surface area contributed by atoms with Crippen LogP contribution in [-0.2, 0) is 29.1 Å². The molecule has 2 aromatic carbocycles. The van der Waals surface area contributed by atoms with Crippen molar-refractivity contribution in [2.75, 3.05) is 6.54 Å². The lowest BCUT2D eigenvalue weighted by Crippen LogP contribution is -2.58. The summed E-state index contributed by atoms with van der Waals surface area (Å²) in [6, 6.07) is 5.57. The third-order valence-electron chi connectivity index (χ3n) is 10.5. The molecular formula is C39H45F2N5O8S. The Hall–Kier alpha value is -4.86. The minimum absolute atomic E-state index is 0.0683. The molecule has 1 aromatic heterocycles. The van der Waals surface area contributed by atoms with E-state index in [1.54, 1.807) is 20.8 Å². The number of aromatic nitrogens is 1. The summed E-state index contributed by atoms with van der Waals surface area (Å²) in [4.78, 5) is 61.5. The fraction of sp³-hybridized carbons (Fsp3) is 0.513. The number of carbonyl (C=O) groups is 4. The maximum Gasteiger partial charge on any atom is 0.408 e. The van der Waals surface area contributed by atoms with Crippen LogP contribution in [-0.4, -0.2) is 83.2 Å². The number of nitrogens with zero attached hydrogens (tertiary/aromatic N) is 2. The van der Waals surface area contributed by atoms with Crippen molar-refractivity contribution in [1.29, 1.82) is 0 Å². The van der Waals surface area contributed by atoms with Crippen LogP contribution in [0.15, 0.2) is 48.6 Å². The zero-order valence-electron chi connectivity index (χ0n) is 30.9. The Morgan fingerprint density at radius 3 is 2.44 bits per heavy atom. The number of ether oxygens (including phenoxy) is 2. The number of halogens is 2. The molecule has 13 nitrogen and oxygen atoms in total. The maximum absolute atomic E-state index is 14.5. The van der Waals surface area contributed by atoms with Crippen LogP contribution in [0.4, 0.5) is 13.6 Å². The Kier molecular flexibility index (Phi) is 10.2. The van der Waals surface area contributed by atoms with E-state index in [0.717, 1.165) is 12.8 Å². The van der Waals surface area contributed by atoms with Gasteiger partial charge in [-0.05, 0) is 101 Å². The van der Waals surface area contributed by atoms with Gasteiger partial charge >= 0.3 is 6.09 Å². The van der Waals surface area contributed by atoms with Gasteiger partial charge in [0.05, 0.1) is 17.3 Å². The van der Waals surface area contributed by atoms with E-state index in [1.807, 2.05) is 12.2 Å². The van der Waals surface area contributed by atoms with E-state index in [1.165, 1.54) is 41.3 Å². The summed E-state index contributed by atoms with van der Waals surface area (Å²) in [6.07, 6.45) is 6.02. The number of hydrogen-bond donors (Lipinski definition) is 3. The minimum Gasteiger partial charge on any atom is -0.472 e. The van der Waals surface area contributed by atoms with Gasteiger partial charge in [0.25, 0.3) is 5.91 Å². The number of amides is 4. The van der Waals surface area contributed by atoms with Crippen molar-refractivity contribution < 1.29 is 45.9 Å². The van der Waals surface area contributed by atoms with E-state index < -0.39 is 86.0 Å². The molecular weight excluding hydrogens is 737 g/mol. The molecule has 3 fully saturated rings. The molecule has 7 rings (SSSR count). The van der Waals surface area contributed by atoms with Gasteiger partial charge in [-0.1, -0.05) is 25.0 Å². The first kappa shape index (κ1) is 38.4. The van der Waals surface area contributed by atoms with Gasteiger partial charge in [0.15, 0.2) is 0 Å². The average molecular weight is 782 g/mol. The lowest BCUT2D eigenvalue weighted by atomic mass is 10.0. The van der Waals surface area contributed by atoms with Crippen LogP contribution in [0.2, 0.25) is 0 Å². The monoisotopic (exact) mass is 781 g/mol. The highest BCUT2D eigenvalue weighted by Gasteiger charge is 2.62. The van der Waals surface area contributed by atoms with E-state index in [0.29, 0.717) is 47.4 Å². The highest BCUT2D eigenvalue weighted by atomic mass is 32.2. The Balaban J connectivity index is 1.23. The van der Waals surface area contributed by atoms with Crippen LogP contribution >= 0.6 is 0 Å². The van der Waals surface area contributed by atoms with Crippen LogP contribution in [0, 0.1) is 17.6 Å². The van der Waals surface area contributed by atoms with Gasteiger partial charge in [-0.15, -0.1) is 0 Å². The molecule has 4 amide bonds. The quantitative estimate of drug-likeness (QED) is 0.232. The third-order valence-corrected chi connectivity index (χ3v) is 12.3. The summed E-state index contributed by atoms with van der Waals surface area (Å²) in [5.41, 5.74) is -2.08. The summed E-state index contributed by atoms with van der Waals surface area (Å²) in [5.74, 6) is -3.59. The maximum atomic E-state index is 14.5. The summed E-state index contributed by atoms with van der Waals surface area (Å²) >= 11 is 0. The van der Waals surface area contributed by atoms with Gasteiger partial charge in [0.1, 0.15) is 41.0 Å². The second-order valence-electron chi connectivity index (χ2n) is 16.0. The predicted octanol–water partition coefficient (Wildman–Crippen LogP) is 4.91. The van der Waals surface area contributed by atoms with E-state index in [-0.39, 0.29) is 31.7 Å². The van der Waals surface area contributed by atoms with Gasteiger partial charge < -0.3 is 25.0 Å². The van der Waals surface area contributed by atoms with Crippen LogP contribution < -0.4 is 20.1 Å². The number of pyridine rings is 1. The topological polar surface area (TPSA) is 173 Å². The molecule has 0 bridgehead atoms. The van der Waals surface area contributed by atoms with Crippen LogP contribution in [0.3, 0.4) is 0 Å². The Morgan fingerprint density at radius 2 is 1.71 bits per heavy atom. The molecule has 55 heavy (non-hydrogen) atoms. The third kappa shape index (κ3) is 8.38. The molecule has 3 heterocycles. The predicted molar refractivity (Wildman–Crippen MR) is 198 cm³/mol. The van der Waals surface area contributed by atoms with Gasteiger partial charge in [0.2, 0.25) is 27.7 Å². The summed E-state index contributed by atoms with van der Waals surface area (Å²) in [5, 5.41) is 5.96. The first-order valence-corrected chi connectivity index (χ1v) is 20.3. The van der Waals surface area contributed by atoms with E-state index >= 15 is 0 Å². The van der Waals surface area contributed by atoms with Crippen LogP contribution in [0.5, 0.6) is 5.88 Å². The Morgan fingerprint density at radius 1 is 0.982 bits per heavy atom. The second-order valence-corrected chi connectivity index (χ2v) is 17.9. The molecule has 16 heteroatoms.